The molecular weight excluding hydrogens is 360 g/mol. The van der Waals surface area contributed by atoms with Crippen molar-refractivity contribution in [1.29, 1.82) is 0 Å². The number of likely N-dealkylation sites (tertiary alicyclic amines) is 1. The standard InChI is InChI=1S/C21H22N2O5/c1-27-15-10-8-14(9-11-15)22(21(26)18-7-4-12-28-18)13-23-19(24)16-5-2-3-6-17(16)20(23)25/h4,7-12,16-17H,2-3,5-6,13H2,1H3/t16-,17-/m1/s1. The molecule has 0 radical (unpaired) electrons. The van der Waals surface area contributed by atoms with Gasteiger partial charge in [0.1, 0.15) is 12.4 Å². The van der Waals surface area contributed by atoms with E-state index in [-0.39, 0.29) is 36.1 Å². The molecule has 1 aliphatic carbocycles. The van der Waals surface area contributed by atoms with E-state index in [4.69, 9.17) is 9.15 Å². The summed E-state index contributed by atoms with van der Waals surface area (Å²) in [5, 5.41) is 0. The third kappa shape index (κ3) is 3.17. The number of carbonyl (C=O) groups excluding carboxylic acids is 3. The van der Waals surface area contributed by atoms with E-state index in [1.807, 2.05) is 0 Å². The van der Waals surface area contributed by atoms with Gasteiger partial charge in [0, 0.05) is 5.69 Å². The third-order valence-electron chi connectivity index (χ3n) is 5.58. The summed E-state index contributed by atoms with van der Waals surface area (Å²) in [6.45, 7) is -0.128. The average Bonchev–Trinajstić information content (AvgIpc) is 3.35. The third-order valence-corrected chi connectivity index (χ3v) is 5.58. The van der Waals surface area contributed by atoms with Crippen molar-refractivity contribution in [2.24, 2.45) is 11.8 Å². The van der Waals surface area contributed by atoms with Crippen LogP contribution in [0.1, 0.15) is 36.2 Å². The molecule has 1 saturated carbocycles. The van der Waals surface area contributed by atoms with Gasteiger partial charge in [-0.1, -0.05) is 12.8 Å². The smallest absolute Gasteiger partial charge is 0.295 e. The lowest BCUT2D eigenvalue weighted by Gasteiger charge is -2.27. The molecule has 7 nitrogen and oxygen atoms in total. The summed E-state index contributed by atoms with van der Waals surface area (Å²) < 4.78 is 10.4. The number of carbonyl (C=O) groups is 3. The average molecular weight is 382 g/mol. The normalized spacial score (nSPS) is 21.5. The summed E-state index contributed by atoms with van der Waals surface area (Å²) in [6, 6.07) is 10.1. The number of rotatable bonds is 5. The molecule has 2 aliphatic rings. The number of furan rings is 1. The van der Waals surface area contributed by atoms with E-state index in [0.29, 0.717) is 11.4 Å². The molecule has 1 aliphatic heterocycles. The van der Waals surface area contributed by atoms with E-state index in [2.05, 4.69) is 0 Å². The monoisotopic (exact) mass is 382 g/mol. The lowest BCUT2D eigenvalue weighted by atomic mass is 9.81. The number of imide groups is 1. The van der Waals surface area contributed by atoms with Crippen molar-refractivity contribution in [3.8, 4) is 5.75 Å². The molecule has 1 aromatic carbocycles. The van der Waals surface area contributed by atoms with Crippen LogP contribution in [0, 0.1) is 11.8 Å². The van der Waals surface area contributed by atoms with Gasteiger partial charge in [-0.2, -0.15) is 0 Å². The Bertz CT molecular complexity index is 851. The van der Waals surface area contributed by atoms with E-state index in [0.717, 1.165) is 25.7 Å². The van der Waals surface area contributed by atoms with Crippen molar-refractivity contribution < 1.29 is 23.5 Å². The molecule has 2 atom stereocenters. The van der Waals surface area contributed by atoms with Gasteiger partial charge in [-0.05, 0) is 49.2 Å². The molecular formula is C21H22N2O5. The summed E-state index contributed by atoms with van der Waals surface area (Å²) in [7, 11) is 1.56. The second kappa shape index (κ2) is 7.50. The molecule has 1 aromatic heterocycles. The number of methoxy groups -OCH3 is 1. The lowest BCUT2D eigenvalue weighted by Crippen LogP contribution is -2.44. The van der Waals surface area contributed by atoms with Crippen molar-refractivity contribution >= 4 is 23.4 Å². The summed E-state index contributed by atoms with van der Waals surface area (Å²) in [6.07, 6.45) is 4.81. The van der Waals surface area contributed by atoms with E-state index < -0.39 is 5.91 Å². The molecule has 3 amide bonds. The van der Waals surface area contributed by atoms with Crippen LogP contribution in [-0.4, -0.2) is 36.4 Å². The second-order valence-electron chi connectivity index (χ2n) is 7.15. The Labute approximate surface area is 162 Å². The fourth-order valence-corrected chi connectivity index (χ4v) is 4.07. The zero-order valence-electron chi connectivity index (χ0n) is 15.7. The van der Waals surface area contributed by atoms with E-state index in [9.17, 15) is 14.4 Å². The quantitative estimate of drug-likeness (QED) is 0.743. The highest BCUT2D eigenvalue weighted by molar-refractivity contribution is 6.08. The Balaban J connectivity index is 1.64. The Morgan fingerprint density at radius 3 is 2.29 bits per heavy atom. The van der Waals surface area contributed by atoms with Gasteiger partial charge in [-0.3, -0.25) is 24.2 Å². The number of hydrogen-bond donors (Lipinski definition) is 0. The maximum absolute atomic E-state index is 13.0. The SMILES string of the molecule is COc1ccc(N(CN2C(=O)[C@@H]3CCCC[C@H]3C2=O)C(=O)c2ccco2)cc1. The first kappa shape index (κ1) is 18.3. The van der Waals surface area contributed by atoms with Crippen molar-refractivity contribution in [1.82, 2.24) is 4.90 Å². The Hall–Kier alpha value is -3.09. The van der Waals surface area contributed by atoms with Gasteiger partial charge < -0.3 is 9.15 Å². The van der Waals surface area contributed by atoms with Crippen LogP contribution in [0.25, 0.3) is 0 Å². The first-order chi connectivity index (χ1) is 13.6. The fourth-order valence-electron chi connectivity index (χ4n) is 4.07. The van der Waals surface area contributed by atoms with Crippen LogP contribution in [0.5, 0.6) is 5.75 Å². The van der Waals surface area contributed by atoms with Gasteiger partial charge in [-0.15, -0.1) is 0 Å². The van der Waals surface area contributed by atoms with Crippen LogP contribution in [0.2, 0.25) is 0 Å². The molecule has 146 valence electrons. The van der Waals surface area contributed by atoms with Crippen molar-refractivity contribution in [3.05, 3.63) is 48.4 Å². The van der Waals surface area contributed by atoms with Crippen molar-refractivity contribution in [2.45, 2.75) is 25.7 Å². The molecule has 2 aromatic rings. The Morgan fingerprint density at radius 1 is 1.11 bits per heavy atom. The summed E-state index contributed by atoms with van der Waals surface area (Å²) in [5.41, 5.74) is 0.553. The first-order valence-electron chi connectivity index (χ1n) is 9.45. The highest BCUT2D eigenvalue weighted by Gasteiger charge is 2.48. The molecule has 0 unspecified atom stereocenters. The van der Waals surface area contributed by atoms with Crippen LogP contribution >= 0.6 is 0 Å². The van der Waals surface area contributed by atoms with Crippen LogP contribution in [0.3, 0.4) is 0 Å². The van der Waals surface area contributed by atoms with Crippen molar-refractivity contribution in [3.63, 3.8) is 0 Å². The highest BCUT2D eigenvalue weighted by Crippen LogP contribution is 2.38. The maximum Gasteiger partial charge on any atom is 0.295 e. The molecule has 1 saturated heterocycles. The second-order valence-corrected chi connectivity index (χ2v) is 7.15. The summed E-state index contributed by atoms with van der Waals surface area (Å²) >= 11 is 0. The summed E-state index contributed by atoms with van der Waals surface area (Å²) in [4.78, 5) is 41.4. The predicted molar refractivity (Wildman–Crippen MR) is 101 cm³/mol. The first-order valence-corrected chi connectivity index (χ1v) is 9.45. The minimum absolute atomic E-state index is 0.128. The minimum Gasteiger partial charge on any atom is -0.497 e. The van der Waals surface area contributed by atoms with E-state index in [1.54, 1.807) is 43.5 Å². The summed E-state index contributed by atoms with van der Waals surface area (Å²) in [5.74, 6) is -0.484. The largest absolute Gasteiger partial charge is 0.497 e. The molecule has 4 rings (SSSR count). The fraction of sp³-hybridized carbons (Fsp3) is 0.381. The molecule has 28 heavy (non-hydrogen) atoms. The number of fused-ring (bicyclic) bond motifs is 1. The van der Waals surface area contributed by atoms with Gasteiger partial charge in [0.15, 0.2) is 5.76 Å². The van der Waals surface area contributed by atoms with Gasteiger partial charge >= 0.3 is 0 Å². The highest BCUT2D eigenvalue weighted by atomic mass is 16.5. The number of ether oxygens (including phenoxy) is 1. The van der Waals surface area contributed by atoms with Crippen LogP contribution < -0.4 is 9.64 Å². The molecule has 7 heteroatoms. The number of benzene rings is 1. The molecule has 2 heterocycles. The maximum atomic E-state index is 13.0. The molecule has 0 N–H and O–H groups in total. The minimum atomic E-state index is -0.411. The Kier molecular flexibility index (Phi) is 4.90. The zero-order chi connectivity index (χ0) is 19.7. The van der Waals surface area contributed by atoms with Crippen LogP contribution in [0.15, 0.2) is 47.1 Å². The van der Waals surface area contributed by atoms with Gasteiger partial charge in [0.05, 0.1) is 25.2 Å². The Morgan fingerprint density at radius 2 is 1.75 bits per heavy atom. The lowest BCUT2D eigenvalue weighted by molar-refractivity contribution is -0.139. The number of amides is 3. The number of nitrogens with zero attached hydrogens (tertiary/aromatic N) is 2. The van der Waals surface area contributed by atoms with Gasteiger partial charge in [0.25, 0.3) is 5.91 Å². The topological polar surface area (TPSA) is 80.1 Å². The molecule has 0 bridgehead atoms. The zero-order valence-corrected chi connectivity index (χ0v) is 15.7. The number of anilines is 1. The van der Waals surface area contributed by atoms with Crippen molar-refractivity contribution in [2.75, 3.05) is 18.7 Å². The van der Waals surface area contributed by atoms with Gasteiger partial charge in [0.2, 0.25) is 11.8 Å². The van der Waals surface area contributed by atoms with Gasteiger partial charge in [-0.25, -0.2) is 0 Å². The predicted octanol–water partition coefficient (Wildman–Crippen LogP) is 3.07. The van der Waals surface area contributed by atoms with E-state index >= 15 is 0 Å². The molecule has 2 fully saturated rings. The van der Waals surface area contributed by atoms with Crippen LogP contribution in [-0.2, 0) is 9.59 Å². The number of hydrogen-bond acceptors (Lipinski definition) is 5. The van der Waals surface area contributed by atoms with E-state index in [1.165, 1.54) is 16.1 Å². The molecule has 0 spiro atoms. The van der Waals surface area contributed by atoms with Crippen LogP contribution in [0.4, 0.5) is 5.69 Å².